The number of furan rings is 1. The summed E-state index contributed by atoms with van der Waals surface area (Å²) in [6.45, 7) is 33.3. The number of aryl methyl sites for hydroxylation is 3. The molecule has 0 amide bonds. The molecular weight excluding hydrogens is 922 g/mol. The summed E-state index contributed by atoms with van der Waals surface area (Å²) in [5, 5.41) is 2.26. The molecule has 0 spiro atoms. The molecule has 0 atom stereocenters. The van der Waals surface area contributed by atoms with Crippen LogP contribution >= 0.6 is 0 Å². The van der Waals surface area contributed by atoms with E-state index >= 15 is 0 Å². The number of benzene rings is 8. The van der Waals surface area contributed by atoms with Crippen LogP contribution in [-0.4, -0.2) is 6.71 Å². The molecule has 0 fully saturated rings. The van der Waals surface area contributed by atoms with Crippen LogP contribution in [0, 0.1) is 20.8 Å². The fourth-order valence-electron chi connectivity index (χ4n) is 14.1. The molecule has 76 heavy (non-hydrogen) atoms. The van der Waals surface area contributed by atoms with Crippen molar-refractivity contribution in [3.05, 3.63) is 190 Å². The lowest BCUT2D eigenvalue weighted by molar-refractivity contribution is 0.332. The predicted octanol–water partition coefficient (Wildman–Crippen LogP) is 18.1. The van der Waals surface area contributed by atoms with Gasteiger partial charge in [0.25, 0.3) is 6.71 Å². The topological polar surface area (TPSA) is 22.9 Å². The molecular formula is C71H74BN3O. The molecule has 0 radical (unpaired) electrons. The number of nitrogens with zero attached hydrogens (tertiary/aromatic N) is 3. The van der Waals surface area contributed by atoms with Crippen molar-refractivity contribution in [1.29, 1.82) is 0 Å². The molecule has 1 aromatic heterocycles. The third kappa shape index (κ3) is 7.30. The van der Waals surface area contributed by atoms with Crippen LogP contribution in [0.1, 0.15) is 146 Å². The highest BCUT2D eigenvalue weighted by molar-refractivity contribution is 7.00. The Morgan fingerprint density at radius 1 is 0.474 bits per heavy atom. The van der Waals surface area contributed by atoms with Crippen molar-refractivity contribution in [2.24, 2.45) is 0 Å². The van der Waals surface area contributed by atoms with Crippen molar-refractivity contribution < 1.29 is 4.42 Å². The summed E-state index contributed by atoms with van der Waals surface area (Å²) in [4.78, 5) is 7.79. The largest absolute Gasteiger partial charge is 0.456 e. The summed E-state index contributed by atoms with van der Waals surface area (Å²) in [5.74, 6) is 0. The van der Waals surface area contributed by atoms with Gasteiger partial charge in [-0.05, 0) is 207 Å². The van der Waals surface area contributed by atoms with Crippen molar-refractivity contribution >= 4 is 96.2 Å². The van der Waals surface area contributed by atoms with Gasteiger partial charge in [-0.2, -0.15) is 0 Å². The predicted molar refractivity (Wildman–Crippen MR) is 326 cm³/mol. The third-order valence-corrected chi connectivity index (χ3v) is 18.8. The van der Waals surface area contributed by atoms with Crippen LogP contribution in [0.2, 0.25) is 0 Å². The molecule has 382 valence electrons. The van der Waals surface area contributed by atoms with Crippen molar-refractivity contribution in [3.8, 4) is 0 Å². The minimum atomic E-state index is -0.0451. The summed E-state index contributed by atoms with van der Waals surface area (Å²) >= 11 is 0. The van der Waals surface area contributed by atoms with E-state index < -0.39 is 0 Å². The highest BCUT2D eigenvalue weighted by atomic mass is 16.3. The first-order chi connectivity index (χ1) is 36.0. The molecule has 2 aliphatic heterocycles. The summed E-state index contributed by atoms with van der Waals surface area (Å²) in [6.07, 6.45) is 4.65. The highest BCUT2D eigenvalue weighted by Gasteiger charge is 2.48. The highest BCUT2D eigenvalue weighted by Crippen LogP contribution is 2.54. The maximum atomic E-state index is 6.94. The average molecular weight is 996 g/mol. The van der Waals surface area contributed by atoms with Crippen LogP contribution in [0.3, 0.4) is 0 Å². The Kier molecular flexibility index (Phi) is 10.6. The van der Waals surface area contributed by atoms with E-state index in [9.17, 15) is 0 Å². The van der Waals surface area contributed by atoms with Gasteiger partial charge in [0.1, 0.15) is 11.2 Å². The number of fused-ring (bicyclic) bond motifs is 9. The van der Waals surface area contributed by atoms with Gasteiger partial charge in [-0.1, -0.05) is 149 Å². The van der Waals surface area contributed by atoms with Crippen LogP contribution in [-0.2, 0) is 27.1 Å². The van der Waals surface area contributed by atoms with Crippen molar-refractivity contribution in [1.82, 2.24) is 0 Å². The van der Waals surface area contributed by atoms with Gasteiger partial charge in [0.15, 0.2) is 0 Å². The first-order valence-electron chi connectivity index (χ1n) is 28.1. The second-order valence-electron chi connectivity index (χ2n) is 26.9. The summed E-state index contributed by atoms with van der Waals surface area (Å²) in [5.41, 5.74) is 27.6. The molecule has 0 N–H and O–H groups in total. The molecule has 0 saturated heterocycles. The van der Waals surface area contributed by atoms with Crippen LogP contribution in [0.5, 0.6) is 0 Å². The molecule has 8 aromatic carbocycles. The number of hydrogen-bond acceptors (Lipinski definition) is 4. The molecule has 0 saturated carbocycles. The second-order valence-corrected chi connectivity index (χ2v) is 26.9. The van der Waals surface area contributed by atoms with E-state index in [1.54, 1.807) is 0 Å². The molecule has 0 unspecified atom stereocenters. The first-order valence-corrected chi connectivity index (χ1v) is 28.1. The van der Waals surface area contributed by atoms with Gasteiger partial charge in [-0.15, -0.1) is 0 Å². The van der Waals surface area contributed by atoms with E-state index in [-0.39, 0.29) is 33.8 Å². The van der Waals surface area contributed by atoms with E-state index in [0.717, 1.165) is 52.6 Å². The van der Waals surface area contributed by atoms with Gasteiger partial charge in [0.2, 0.25) is 0 Å². The second kappa shape index (κ2) is 16.5. The first kappa shape index (κ1) is 48.7. The van der Waals surface area contributed by atoms with Gasteiger partial charge in [0, 0.05) is 50.9 Å². The average Bonchev–Trinajstić information content (AvgIpc) is 3.92. The Labute approximate surface area is 452 Å². The van der Waals surface area contributed by atoms with Crippen LogP contribution in [0.15, 0.2) is 150 Å². The molecule has 5 heteroatoms. The fraction of sp³-hybridized carbons (Fsp3) is 0.324. The zero-order chi connectivity index (χ0) is 53.2. The zero-order valence-corrected chi connectivity index (χ0v) is 47.5. The lowest BCUT2D eigenvalue weighted by atomic mass is 9.33. The van der Waals surface area contributed by atoms with E-state index in [4.69, 9.17) is 4.42 Å². The van der Waals surface area contributed by atoms with Gasteiger partial charge in [0.05, 0.1) is 11.1 Å². The molecule has 3 heterocycles. The zero-order valence-electron chi connectivity index (χ0n) is 47.5. The molecule has 9 aromatic rings. The maximum Gasteiger partial charge on any atom is 0.252 e. The Hall–Kier alpha value is -6.98. The lowest BCUT2D eigenvalue weighted by Gasteiger charge is -2.48. The van der Waals surface area contributed by atoms with Crippen molar-refractivity contribution in [3.63, 3.8) is 0 Å². The molecule has 2 aliphatic carbocycles. The number of hydrogen-bond donors (Lipinski definition) is 0. The quantitative estimate of drug-likeness (QED) is 0.160. The van der Waals surface area contributed by atoms with E-state index in [1.807, 2.05) is 0 Å². The SMILES string of the molecule is Cc1cc2c3c(c1)N(c1cccc4oc5cc(C(C)(C)C)ccc5c14)c1cc(N(c4ccccc4C)c4ccccc4C)ccc1B3c1cc3c(cc1N2c1ccc2c(c1)C(C)(C)CCC2(C)C)C(C)(C)CCC3(C)C. The maximum absolute atomic E-state index is 6.94. The Bertz CT molecular complexity index is 3850. The molecule has 4 aliphatic rings. The Morgan fingerprint density at radius 3 is 1.68 bits per heavy atom. The van der Waals surface area contributed by atoms with E-state index in [0.29, 0.717) is 0 Å². The van der Waals surface area contributed by atoms with Gasteiger partial charge < -0.3 is 19.1 Å². The third-order valence-electron chi connectivity index (χ3n) is 18.8. The number of para-hydroxylation sites is 2. The summed E-state index contributed by atoms with van der Waals surface area (Å²) in [6, 6.07) is 56.5. The monoisotopic (exact) mass is 996 g/mol. The molecule has 0 bridgehead atoms. The van der Waals surface area contributed by atoms with Crippen LogP contribution in [0.4, 0.5) is 51.2 Å². The smallest absolute Gasteiger partial charge is 0.252 e. The van der Waals surface area contributed by atoms with Crippen molar-refractivity contribution in [2.45, 2.75) is 150 Å². The number of rotatable bonds is 5. The minimum absolute atomic E-state index is 0.0162. The summed E-state index contributed by atoms with van der Waals surface area (Å²) < 4.78 is 6.94. The summed E-state index contributed by atoms with van der Waals surface area (Å²) in [7, 11) is 0. The van der Waals surface area contributed by atoms with E-state index in [1.165, 1.54) is 107 Å². The van der Waals surface area contributed by atoms with Gasteiger partial charge >= 0.3 is 0 Å². The van der Waals surface area contributed by atoms with Crippen molar-refractivity contribution in [2.75, 3.05) is 14.7 Å². The van der Waals surface area contributed by atoms with Crippen LogP contribution in [0.25, 0.3) is 21.9 Å². The van der Waals surface area contributed by atoms with E-state index in [2.05, 4.69) is 257 Å². The van der Waals surface area contributed by atoms with Crippen LogP contribution < -0.4 is 31.1 Å². The Morgan fingerprint density at radius 2 is 1.05 bits per heavy atom. The number of anilines is 9. The normalized spacial score (nSPS) is 17.5. The Balaban J connectivity index is 1.15. The standard InChI is InChI=1S/C71H74BN3O/c1-43-36-61-66-62(37-43)75(58-24-19-25-63-65(58)49-29-26-46(67(4,5)6)38-64(49)76-63)59-40-48(73(56-22-17-15-20-44(56)2)57-23-18-16-21-45(57)3)28-31-54(59)72(66)55-41-52-53(71(13,14)35-34-70(52,11)12)42-60(55)74(61)47-27-30-50-51(39-47)69(9,10)33-32-68(50,7)8/h15-31,36-42H,32-35H2,1-14H3. The van der Waals surface area contributed by atoms with Gasteiger partial charge in [-0.3, -0.25) is 0 Å². The van der Waals surface area contributed by atoms with Gasteiger partial charge in [-0.25, -0.2) is 0 Å². The minimum Gasteiger partial charge on any atom is -0.456 e. The lowest BCUT2D eigenvalue weighted by Crippen LogP contribution is -2.62. The molecule has 4 nitrogen and oxygen atoms in total. The molecule has 13 rings (SSSR count). The fourth-order valence-corrected chi connectivity index (χ4v) is 14.1.